The number of amides is 3. The van der Waals surface area contributed by atoms with Gasteiger partial charge in [-0.1, -0.05) is 13.0 Å². The fraction of sp³-hybridized carbons (Fsp3) is 0.450. The molecular weight excluding hydrogens is 380 g/mol. The summed E-state index contributed by atoms with van der Waals surface area (Å²) in [5.74, 6) is 0.244. The van der Waals surface area contributed by atoms with Gasteiger partial charge in [-0.05, 0) is 61.2 Å². The molecule has 0 spiro atoms. The van der Waals surface area contributed by atoms with E-state index in [0.29, 0.717) is 36.9 Å². The van der Waals surface area contributed by atoms with Crippen LogP contribution in [0.5, 0.6) is 11.5 Å². The lowest BCUT2D eigenvalue weighted by atomic mass is 9.99. The number of aromatic hydroxyl groups is 1. The highest BCUT2D eigenvalue weighted by atomic mass is 32.2. The summed E-state index contributed by atoms with van der Waals surface area (Å²) in [6.45, 7) is 5.46. The molecule has 150 valence electrons. The summed E-state index contributed by atoms with van der Waals surface area (Å²) in [6, 6.07) is 4.71. The summed E-state index contributed by atoms with van der Waals surface area (Å²) in [6.07, 6.45) is 3.45. The lowest BCUT2D eigenvalue weighted by molar-refractivity contribution is -0.136. The first kappa shape index (κ1) is 20.3. The maximum absolute atomic E-state index is 12.6. The maximum atomic E-state index is 12.6. The van der Waals surface area contributed by atoms with E-state index >= 15 is 0 Å². The van der Waals surface area contributed by atoms with E-state index in [0.717, 1.165) is 29.5 Å². The predicted molar refractivity (Wildman–Crippen MR) is 107 cm³/mol. The molecule has 0 aromatic heterocycles. The predicted octanol–water partition coefficient (Wildman–Crippen LogP) is 3.09. The third-order valence-electron chi connectivity index (χ3n) is 4.88. The number of imide groups is 1. The Balaban J connectivity index is 1.70. The second kappa shape index (κ2) is 8.68. The number of hydrogen-bond acceptors (Lipinski definition) is 6. The van der Waals surface area contributed by atoms with Crippen LogP contribution in [0, 0.1) is 5.92 Å². The van der Waals surface area contributed by atoms with E-state index in [9.17, 15) is 19.5 Å². The van der Waals surface area contributed by atoms with Crippen molar-refractivity contribution in [2.45, 2.75) is 26.7 Å². The third-order valence-corrected chi connectivity index (χ3v) is 5.79. The number of benzene rings is 1. The molecule has 3 rings (SSSR count). The lowest BCUT2D eigenvalue weighted by Crippen LogP contribution is -2.45. The highest BCUT2D eigenvalue weighted by Gasteiger charge is 2.37. The molecule has 3 amide bonds. The molecule has 7 nitrogen and oxygen atoms in total. The molecule has 2 aliphatic heterocycles. The Morgan fingerprint density at radius 1 is 1.32 bits per heavy atom. The van der Waals surface area contributed by atoms with Crippen LogP contribution in [0.15, 0.2) is 23.1 Å². The minimum Gasteiger partial charge on any atom is -0.504 e. The molecule has 2 aliphatic rings. The first-order chi connectivity index (χ1) is 13.4. The monoisotopic (exact) mass is 404 g/mol. The SMILES string of the molecule is CCOc1cc(/C=C2/SC(=O)N(CC(=O)N3CCC(C)CC3)C2=O)ccc1O. The van der Waals surface area contributed by atoms with E-state index in [4.69, 9.17) is 4.74 Å². The first-order valence-electron chi connectivity index (χ1n) is 9.38. The van der Waals surface area contributed by atoms with E-state index in [1.807, 2.05) is 0 Å². The van der Waals surface area contributed by atoms with Gasteiger partial charge < -0.3 is 14.7 Å². The number of phenols is 1. The van der Waals surface area contributed by atoms with Crippen molar-refractivity contribution in [1.29, 1.82) is 0 Å². The van der Waals surface area contributed by atoms with Crippen molar-refractivity contribution in [1.82, 2.24) is 9.80 Å². The number of likely N-dealkylation sites (tertiary alicyclic amines) is 1. The number of thioether (sulfide) groups is 1. The van der Waals surface area contributed by atoms with Crippen LogP contribution < -0.4 is 4.74 Å². The van der Waals surface area contributed by atoms with Gasteiger partial charge in [-0.25, -0.2) is 0 Å². The molecule has 0 atom stereocenters. The molecule has 2 heterocycles. The Bertz CT molecular complexity index is 815. The van der Waals surface area contributed by atoms with Gasteiger partial charge in [0, 0.05) is 13.1 Å². The number of piperidine rings is 1. The van der Waals surface area contributed by atoms with Crippen molar-refractivity contribution in [2.75, 3.05) is 26.2 Å². The molecule has 0 radical (unpaired) electrons. The van der Waals surface area contributed by atoms with Crippen molar-refractivity contribution in [2.24, 2.45) is 5.92 Å². The van der Waals surface area contributed by atoms with Gasteiger partial charge in [-0.3, -0.25) is 19.3 Å². The zero-order valence-electron chi connectivity index (χ0n) is 16.0. The molecule has 0 unspecified atom stereocenters. The van der Waals surface area contributed by atoms with Gasteiger partial charge in [0.2, 0.25) is 5.91 Å². The smallest absolute Gasteiger partial charge is 0.294 e. The topological polar surface area (TPSA) is 87.2 Å². The Kier molecular flexibility index (Phi) is 6.28. The molecule has 2 saturated heterocycles. The van der Waals surface area contributed by atoms with Crippen LogP contribution in [0.4, 0.5) is 4.79 Å². The van der Waals surface area contributed by atoms with Gasteiger partial charge in [0.1, 0.15) is 6.54 Å². The fourth-order valence-electron chi connectivity index (χ4n) is 3.17. The van der Waals surface area contributed by atoms with Crippen molar-refractivity contribution in [3.63, 3.8) is 0 Å². The van der Waals surface area contributed by atoms with Crippen LogP contribution >= 0.6 is 11.8 Å². The molecule has 1 aromatic carbocycles. The number of ether oxygens (including phenoxy) is 1. The Morgan fingerprint density at radius 3 is 2.71 bits per heavy atom. The lowest BCUT2D eigenvalue weighted by Gasteiger charge is -2.31. The summed E-state index contributed by atoms with van der Waals surface area (Å²) in [4.78, 5) is 40.4. The van der Waals surface area contributed by atoms with Crippen molar-refractivity contribution in [3.05, 3.63) is 28.7 Å². The largest absolute Gasteiger partial charge is 0.504 e. The second-order valence-electron chi connectivity index (χ2n) is 6.99. The molecule has 2 fully saturated rings. The summed E-state index contributed by atoms with van der Waals surface area (Å²) in [5, 5.41) is 9.33. The summed E-state index contributed by atoms with van der Waals surface area (Å²) < 4.78 is 5.34. The number of phenolic OH excluding ortho intramolecular Hbond substituents is 1. The Labute approximate surface area is 168 Å². The van der Waals surface area contributed by atoms with Gasteiger partial charge in [0.25, 0.3) is 11.1 Å². The second-order valence-corrected chi connectivity index (χ2v) is 7.98. The molecule has 0 bridgehead atoms. The van der Waals surface area contributed by atoms with E-state index in [2.05, 4.69) is 6.92 Å². The summed E-state index contributed by atoms with van der Waals surface area (Å²) >= 11 is 0.814. The van der Waals surface area contributed by atoms with E-state index in [-0.39, 0.29) is 23.1 Å². The maximum Gasteiger partial charge on any atom is 0.294 e. The first-order valence-corrected chi connectivity index (χ1v) is 10.2. The van der Waals surface area contributed by atoms with Crippen LogP contribution in [-0.4, -0.2) is 58.2 Å². The summed E-state index contributed by atoms with van der Waals surface area (Å²) in [5.41, 5.74) is 0.628. The average molecular weight is 404 g/mol. The van der Waals surface area contributed by atoms with Crippen LogP contribution in [0.3, 0.4) is 0 Å². The van der Waals surface area contributed by atoms with Crippen LogP contribution in [0.2, 0.25) is 0 Å². The van der Waals surface area contributed by atoms with Gasteiger partial charge in [-0.2, -0.15) is 0 Å². The Hall–Kier alpha value is -2.48. The third kappa shape index (κ3) is 4.49. The van der Waals surface area contributed by atoms with E-state index < -0.39 is 11.1 Å². The molecule has 1 aromatic rings. The number of hydrogen-bond donors (Lipinski definition) is 1. The Morgan fingerprint density at radius 2 is 2.04 bits per heavy atom. The van der Waals surface area contributed by atoms with Crippen LogP contribution in [-0.2, 0) is 9.59 Å². The molecular formula is C20H24N2O5S. The van der Waals surface area contributed by atoms with Crippen molar-refractivity contribution < 1.29 is 24.2 Å². The van der Waals surface area contributed by atoms with Crippen LogP contribution in [0.1, 0.15) is 32.3 Å². The van der Waals surface area contributed by atoms with Crippen molar-refractivity contribution >= 4 is 34.9 Å². The van der Waals surface area contributed by atoms with Crippen molar-refractivity contribution in [3.8, 4) is 11.5 Å². The number of carbonyl (C=O) groups excluding carboxylic acids is 3. The zero-order chi connectivity index (χ0) is 20.3. The molecule has 1 N–H and O–H groups in total. The van der Waals surface area contributed by atoms with Gasteiger partial charge >= 0.3 is 0 Å². The zero-order valence-corrected chi connectivity index (χ0v) is 16.8. The average Bonchev–Trinajstić information content (AvgIpc) is 2.92. The number of nitrogens with zero attached hydrogens (tertiary/aromatic N) is 2. The number of carbonyl (C=O) groups is 3. The van der Waals surface area contributed by atoms with E-state index in [1.165, 1.54) is 6.07 Å². The van der Waals surface area contributed by atoms with Gasteiger partial charge in [0.05, 0.1) is 11.5 Å². The highest BCUT2D eigenvalue weighted by Crippen LogP contribution is 2.34. The normalized spacial score (nSPS) is 19.6. The van der Waals surface area contributed by atoms with E-state index in [1.54, 1.807) is 30.0 Å². The molecule has 0 saturated carbocycles. The van der Waals surface area contributed by atoms with Gasteiger partial charge in [0.15, 0.2) is 11.5 Å². The quantitative estimate of drug-likeness (QED) is 0.759. The molecule has 28 heavy (non-hydrogen) atoms. The molecule has 8 heteroatoms. The molecule has 0 aliphatic carbocycles. The summed E-state index contributed by atoms with van der Waals surface area (Å²) in [7, 11) is 0. The highest BCUT2D eigenvalue weighted by molar-refractivity contribution is 8.18. The number of rotatable bonds is 5. The standard InChI is InChI=1S/C20H24N2O5S/c1-3-27-16-10-14(4-5-15(16)23)11-17-19(25)22(20(26)28-17)12-18(24)21-8-6-13(2)7-9-21/h4-5,10-11,13,23H,3,6-9,12H2,1-2H3/b17-11+. The van der Waals surface area contributed by atoms with Gasteiger partial charge in [-0.15, -0.1) is 0 Å². The van der Waals surface area contributed by atoms with Crippen LogP contribution in [0.25, 0.3) is 6.08 Å². The minimum atomic E-state index is -0.472. The minimum absolute atomic E-state index is 0.00792. The fourth-order valence-corrected chi connectivity index (χ4v) is 4.01.